The van der Waals surface area contributed by atoms with Crippen LogP contribution in [-0.4, -0.2) is 56.9 Å². The Morgan fingerprint density at radius 3 is 2.93 bits per heavy atom. The van der Waals surface area contributed by atoms with Crippen LogP contribution in [0.3, 0.4) is 0 Å². The number of hydrogen-bond donors (Lipinski definition) is 4. The third-order valence-corrected chi connectivity index (χ3v) is 2.03. The van der Waals surface area contributed by atoms with Gasteiger partial charge >= 0.3 is 0 Å². The first-order valence-electron chi connectivity index (χ1n) is 4.14. The number of carbonyl (C=O) groups is 1. The van der Waals surface area contributed by atoms with Crippen molar-refractivity contribution in [3.63, 3.8) is 0 Å². The summed E-state index contributed by atoms with van der Waals surface area (Å²) in [6.07, 6.45) is 0. The van der Waals surface area contributed by atoms with Crippen molar-refractivity contribution in [3.8, 4) is 0 Å². The van der Waals surface area contributed by atoms with Crippen LogP contribution in [0.5, 0.6) is 0 Å². The molecule has 0 atom stereocenters. The Kier molecular flexibility index (Phi) is 2.14. The molecule has 0 saturated carbocycles. The maximum absolute atomic E-state index is 11.3. The molecule has 1 aliphatic rings. The number of tetrazole rings is 1. The second-order valence-corrected chi connectivity index (χ2v) is 3.25. The Bertz CT molecular complexity index is 319. The minimum Gasteiger partial charge on any atom is -0.385 e. The van der Waals surface area contributed by atoms with Crippen molar-refractivity contribution in [2.75, 3.05) is 19.6 Å². The zero-order valence-corrected chi connectivity index (χ0v) is 7.32. The highest BCUT2D eigenvalue weighted by Crippen LogP contribution is 2.07. The highest BCUT2D eigenvalue weighted by Gasteiger charge is 2.34. The summed E-state index contributed by atoms with van der Waals surface area (Å²) in [6, 6.07) is 0. The molecule has 76 valence electrons. The van der Waals surface area contributed by atoms with E-state index in [2.05, 4.69) is 31.3 Å². The van der Waals surface area contributed by atoms with E-state index >= 15 is 0 Å². The molecule has 0 bridgehead atoms. The third-order valence-electron chi connectivity index (χ3n) is 2.03. The molecule has 1 aliphatic heterocycles. The van der Waals surface area contributed by atoms with Crippen molar-refractivity contribution < 1.29 is 9.90 Å². The van der Waals surface area contributed by atoms with E-state index in [1.807, 2.05) is 0 Å². The van der Waals surface area contributed by atoms with Gasteiger partial charge in [0.1, 0.15) is 5.60 Å². The van der Waals surface area contributed by atoms with Crippen molar-refractivity contribution in [1.82, 2.24) is 31.3 Å². The summed E-state index contributed by atoms with van der Waals surface area (Å²) < 4.78 is 0. The SMILES string of the molecule is O=C(NCC1(O)CNC1)c1nn[nH]n1. The van der Waals surface area contributed by atoms with Crippen LogP contribution in [0, 0.1) is 0 Å². The van der Waals surface area contributed by atoms with Gasteiger partial charge in [-0.1, -0.05) is 0 Å². The van der Waals surface area contributed by atoms with Crippen LogP contribution in [0.25, 0.3) is 0 Å². The predicted octanol–water partition coefficient (Wildman–Crippen LogP) is -2.74. The Labute approximate surface area is 79.1 Å². The number of H-pyrrole nitrogens is 1. The maximum atomic E-state index is 11.3. The predicted molar refractivity (Wildman–Crippen MR) is 44.3 cm³/mol. The first-order valence-corrected chi connectivity index (χ1v) is 4.14. The van der Waals surface area contributed by atoms with Gasteiger partial charge in [-0.15, -0.1) is 10.2 Å². The summed E-state index contributed by atoms with van der Waals surface area (Å²) in [6.45, 7) is 1.16. The van der Waals surface area contributed by atoms with Crippen LogP contribution < -0.4 is 10.6 Å². The molecule has 1 saturated heterocycles. The fourth-order valence-corrected chi connectivity index (χ4v) is 1.12. The maximum Gasteiger partial charge on any atom is 0.292 e. The van der Waals surface area contributed by atoms with Crippen LogP contribution in [0.4, 0.5) is 0 Å². The van der Waals surface area contributed by atoms with Crippen molar-refractivity contribution in [3.05, 3.63) is 5.82 Å². The fraction of sp³-hybridized carbons (Fsp3) is 0.667. The molecule has 1 aromatic rings. The van der Waals surface area contributed by atoms with Crippen LogP contribution in [0.15, 0.2) is 0 Å². The van der Waals surface area contributed by atoms with Crippen molar-refractivity contribution in [2.45, 2.75) is 5.60 Å². The summed E-state index contributed by atoms with van der Waals surface area (Å²) >= 11 is 0. The molecule has 14 heavy (non-hydrogen) atoms. The van der Waals surface area contributed by atoms with Gasteiger partial charge in [0.05, 0.1) is 0 Å². The summed E-state index contributed by atoms with van der Waals surface area (Å²) in [7, 11) is 0. The summed E-state index contributed by atoms with van der Waals surface area (Å²) in [4.78, 5) is 11.3. The lowest BCUT2D eigenvalue weighted by molar-refractivity contribution is -0.00767. The number of aromatic nitrogens is 4. The molecule has 8 heteroatoms. The molecule has 4 N–H and O–H groups in total. The quantitative estimate of drug-likeness (QED) is 0.419. The summed E-state index contributed by atoms with van der Waals surface area (Å²) in [5.41, 5.74) is -0.834. The van der Waals surface area contributed by atoms with Gasteiger partial charge in [-0.2, -0.15) is 5.21 Å². The van der Waals surface area contributed by atoms with Gasteiger partial charge < -0.3 is 15.7 Å². The second kappa shape index (κ2) is 3.31. The van der Waals surface area contributed by atoms with Crippen LogP contribution in [-0.2, 0) is 0 Å². The van der Waals surface area contributed by atoms with E-state index in [1.165, 1.54) is 0 Å². The summed E-state index contributed by atoms with van der Waals surface area (Å²) in [5.74, 6) is -0.472. The fourth-order valence-electron chi connectivity index (χ4n) is 1.12. The van der Waals surface area contributed by atoms with Crippen LogP contribution in [0.2, 0.25) is 0 Å². The second-order valence-electron chi connectivity index (χ2n) is 3.25. The Morgan fingerprint density at radius 1 is 1.64 bits per heavy atom. The van der Waals surface area contributed by atoms with Crippen LogP contribution in [0.1, 0.15) is 10.6 Å². The number of amides is 1. The third kappa shape index (κ3) is 1.70. The highest BCUT2D eigenvalue weighted by atomic mass is 16.3. The molecule has 0 spiro atoms. The van der Waals surface area contributed by atoms with Gasteiger partial charge in [-0.3, -0.25) is 4.79 Å². The minimum absolute atomic E-state index is 0.0270. The summed E-state index contributed by atoms with van der Waals surface area (Å²) in [5, 5.41) is 27.5. The van der Waals surface area contributed by atoms with Gasteiger partial charge in [-0.05, 0) is 5.21 Å². The average molecular weight is 198 g/mol. The lowest BCUT2D eigenvalue weighted by atomic mass is 9.97. The van der Waals surface area contributed by atoms with E-state index in [4.69, 9.17) is 0 Å². The largest absolute Gasteiger partial charge is 0.385 e. The molecular formula is C6H10N6O2. The number of nitrogens with zero attached hydrogens (tertiary/aromatic N) is 3. The Hall–Kier alpha value is -1.54. The van der Waals surface area contributed by atoms with Crippen LogP contribution >= 0.6 is 0 Å². The molecule has 1 fully saturated rings. The molecule has 8 nitrogen and oxygen atoms in total. The molecule has 0 aliphatic carbocycles. The zero-order valence-electron chi connectivity index (χ0n) is 7.32. The van der Waals surface area contributed by atoms with Gasteiger partial charge in [0.2, 0.25) is 0 Å². The number of aromatic amines is 1. The first-order chi connectivity index (χ1) is 6.70. The van der Waals surface area contributed by atoms with E-state index in [-0.39, 0.29) is 12.4 Å². The smallest absolute Gasteiger partial charge is 0.292 e. The Balaban J connectivity index is 1.84. The zero-order chi connectivity index (χ0) is 10.0. The normalized spacial score (nSPS) is 18.6. The molecule has 0 unspecified atom stereocenters. The molecule has 1 amide bonds. The van der Waals surface area contributed by atoms with Gasteiger partial charge in [0.15, 0.2) is 0 Å². The standard InChI is InChI=1S/C6H10N6O2/c13-5(4-9-11-12-10-4)8-3-6(14)1-7-2-6/h7,14H,1-3H2,(H,8,13)(H,9,10,11,12). The number of β-amino-alcohol motifs (C(OH)–C–C–N with tert-alkyl or cyclic N) is 1. The van der Waals surface area contributed by atoms with E-state index < -0.39 is 11.5 Å². The number of nitrogens with one attached hydrogen (secondary N) is 3. The molecule has 1 aromatic heterocycles. The highest BCUT2D eigenvalue weighted by molar-refractivity contribution is 5.90. The van der Waals surface area contributed by atoms with Crippen molar-refractivity contribution >= 4 is 5.91 Å². The molecule has 2 heterocycles. The monoisotopic (exact) mass is 198 g/mol. The Morgan fingerprint density at radius 2 is 2.43 bits per heavy atom. The van der Waals surface area contributed by atoms with Crippen molar-refractivity contribution in [2.24, 2.45) is 0 Å². The molecular weight excluding hydrogens is 188 g/mol. The van der Waals surface area contributed by atoms with E-state index in [0.717, 1.165) is 0 Å². The number of aliphatic hydroxyl groups is 1. The van der Waals surface area contributed by atoms with Crippen molar-refractivity contribution in [1.29, 1.82) is 0 Å². The van der Waals surface area contributed by atoms with Gasteiger partial charge in [-0.25, -0.2) is 0 Å². The number of carbonyl (C=O) groups excluding carboxylic acids is 1. The first kappa shape index (κ1) is 9.03. The van der Waals surface area contributed by atoms with E-state index in [9.17, 15) is 9.90 Å². The topological polar surface area (TPSA) is 116 Å². The molecule has 0 aromatic carbocycles. The minimum atomic E-state index is -0.834. The van der Waals surface area contributed by atoms with Gasteiger partial charge in [0.25, 0.3) is 11.7 Å². The van der Waals surface area contributed by atoms with E-state index in [0.29, 0.717) is 13.1 Å². The van der Waals surface area contributed by atoms with Gasteiger partial charge in [0, 0.05) is 19.6 Å². The van der Waals surface area contributed by atoms with E-state index in [1.54, 1.807) is 0 Å². The number of hydrogen-bond acceptors (Lipinski definition) is 6. The lowest BCUT2D eigenvalue weighted by Gasteiger charge is -2.37. The molecule has 2 rings (SSSR count). The number of rotatable bonds is 3. The molecule has 0 radical (unpaired) electrons. The average Bonchev–Trinajstić information content (AvgIpc) is 2.63. The lowest BCUT2D eigenvalue weighted by Crippen LogP contribution is -2.64.